The van der Waals surface area contributed by atoms with Gasteiger partial charge in [0.2, 0.25) is 0 Å². The largest absolute Gasteiger partial charge is 0.353 e. The molecule has 7 rings (SSSR count). The van der Waals surface area contributed by atoms with E-state index in [9.17, 15) is 4.39 Å². The second-order valence-electron chi connectivity index (χ2n) is 9.23. The van der Waals surface area contributed by atoms with Crippen LogP contribution in [0, 0.1) is 5.82 Å². The highest BCUT2D eigenvalue weighted by atomic mass is 19.1. The molecule has 7 nitrogen and oxygen atoms in total. The third-order valence-electron chi connectivity index (χ3n) is 7.30. The molecule has 2 fully saturated rings. The first-order valence-electron chi connectivity index (χ1n) is 11.9. The van der Waals surface area contributed by atoms with Crippen LogP contribution in [-0.2, 0) is 0 Å². The molecule has 5 heterocycles. The number of fused-ring (bicyclic) bond motifs is 4. The lowest BCUT2D eigenvalue weighted by Crippen LogP contribution is -2.44. The maximum absolute atomic E-state index is 14.5. The first-order valence-corrected chi connectivity index (χ1v) is 11.9. The van der Waals surface area contributed by atoms with Gasteiger partial charge in [-0.1, -0.05) is 18.6 Å². The van der Waals surface area contributed by atoms with Crippen molar-refractivity contribution in [3.63, 3.8) is 0 Å². The SMILES string of the molecule is Fc1cccc2c1[nH]c1nccc(-c3nc(N4CCNCC4)c4c(C5CCC5)cncc4n3)c12. The Labute approximate surface area is 195 Å². The Hall–Kier alpha value is -3.65. The maximum Gasteiger partial charge on any atom is 0.163 e. The summed E-state index contributed by atoms with van der Waals surface area (Å²) in [5, 5.41) is 6.19. The molecule has 0 unspecified atom stereocenters. The summed E-state index contributed by atoms with van der Waals surface area (Å²) in [4.78, 5) is 24.7. The molecular weight excluding hydrogens is 429 g/mol. The Kier molecular flexibility index (Phi) is 4.48. The van der Waals surface area contributed by atoms with Crippen LogP contribution < -0.4 is 10.2 Å². The second kappa shape index (κ2) is 7.70. The van der Waals surface area contributed by atoms with E-state index in [1.807, 2.05) is 24.5 Å². The van der Waals surface area contributed by atoms with Crippen molar-refractivity contribution in [1.82, 2.24) is 30.2 Å². The van der Waals surface area contributed by atoms with Crippen LogP contribution in [-0.4, -0.2) is 51.1 Å². The summed E-state index contributed by atoms with van der Waals surface area (Å²) < 4.78 is 14.5. The van der Waals surface area contributed by atoms with Gasteiger partial charge in [-0.05, 0) is 36.5 Å². The number of anilines is 1. The van der Waals surface area contributed by atoms with Crippen molar-refractivity contribution in [2.75, 3.05) is 31.1 Å². The zero-order chi connectivity index (χ0) is 22.6. The number of nitrogens with zero attached hydrogens (tertiary/aromatic N) is 5. The van der Waals surface area contributed by atoms with Crippen LogP contribution in [0.2, 0.25) is 0 Å². The van der Waals surface area contributed by atoms with Crippen molar-refractivity contribution in [2.45, 2.75) is 25.2 Å². The molecule has 8 heteroatoms. The van der Waals surface area contributed by atoms with E-state index in [1.54, 1.807) is 12.3 Å². The van der Waals surface area contributed by atoms with E-state index in [4.69, 9.17) is 9.97 Å². The van der Waals surface area contributed by atoms with E-state index in [0.717, 1.165) is 59.2 Å². The van der Waals surface area contributed by atoms with E-state index in [0.29, 0.717) is 22.9 Å². The molecule has 0 radical (unpaired) electrons. The lowest BCUT2D eigenvalue weighted by molar-refractivity contribution is 0.421. The smallest absolute Gasteiger partial charge is 0.163 e. The highest BCUT2D eigenvalue weighted by Gasteiger charge is 2.27. The highest BCUT2D eigenvalue weighted by molar-refractivity contribution is 6.12. The number of nitrogens with one attached hydrogen (secondary N) is 2. The summed E-state index contributed by atoms with van der Waals surface area (Å²) in [6.07, 6.45) is 9.22. The maximum atomic E-state index is 14.5. The van der Waals surface area contributed by atoms with Crippen LogP contribution in [0.4, 0.5) is 10.2 Å². The topological polar surface area (TPSA) is 82.6 Å². The van der Waals surface area contributed by atoms with E-state index in [2.05, 4.69) is 25.2 Å². The predicted octanol–water partition coefficient (Wildman–Crippen LogP) is 4.54. The van der Waals surface area contributed by atoms with Crippen molar-refractivity contribution in [3.8, 4) is 11.4 Å². The van der Waals surface area contributed by atoms with Gasteiger partial charge >= 0.3 is 0 Å². The molecule has 1 saturated carbocycles. The number of H-pyrrole nitrogens is 1. The van der Waals surface area contributed by atoms with Gasteiger partial charge in [0.05, 0.1) is 17.2 Å². The number of piperazine rings is 1. The Balaban J connectivity index is 1.51. The van der Waals surface area contributed by atoms with E-state index in [1.165, 1.54) is 30.9 Å². The van der Waals surface area contributed by atoms with Crippen molar-refractivity contribution in [1.29, 1.82) is 0 Å². The fourth-order valence-electron chi connectivity index (χ4n) is 5.34. The molecule has 34 heavy (non-hydrogen) atoms. The molecule has 1 aliphatic carbocycles. The summed E-state index contributed by atoms with van der Waals surface area (Å²) in [5.41, 5.74) is 4.05. The monoisotopic (exact) mass is 453 g/mol. The summed E-state index contributed by atoms with van der Waals surface area (Å²) in [7, 11) is 0. The van der Waals surface area contributed by atoms with Gasteiger partial charge in [0.1, 0.15) is 17.3 Å². The van der Waals surface area contributed by atoms with Gasteiger partial charge in [-0.3, -0.25) is 4.98 Å². The van der Waals surface area contributed by atoms with Crippen LogP contribution in [0.25, 0.3) is 44.2 Å². The van der Waals surface area contributed by atoms with Gasteiger partial charge in [0.15, 0.2) is 5.82 Å². The minimum absolute atomic E-state index is 0.295. The standard InChI is InChI=1S/C26H24FN7/c27-19-6-2-5-16-21-17(7-8-30-25(21)32-23(16)19)24-31-20-14-29-13-18(15-3-1-4-15)22(20)26(33-24)34-11-9-28-10-12-34/h2,5-8,13-15,28H,1,3-4,9-12H2,(H,30,32). The minimum atomic E-state index is -0.295. The van der Waals surface area contributed by atoms with Crippen molar-refractivity contribution in [3.05, 3.63) is 54.2 Å². The van der Waals surface area contributed by atoms with Crippen LogP contribution in [0.5, 0.6) is 0 Å². The zero-order valence-corrected chi connectivity index (χ0v) is 18.7. The number of hydrogen-bond acceptors (Lipinski definition) is 6. The van der Waals surface area contributed by atoms with Crippen LogP contribution in [0.1, 0.15) is 30.7 Å². The quantitative estimate of drug-likeness (QED) is 0.417. The molecule has 0 atom stereocenters. The lowest BCUT2D eigenvalue weighted by Gasteiger charge is -2.32. The van der Waals surface area contributed by atoms with Gasteiger partial charge in [0, 0.05) is 60.3 Å². The van der Waals surface area contributed by atoms with E-state index < -0.39 is 0 Å². The summed E-state index contributed by atoms with van der Waals surface area (Å²) >= 11 is 0. The lowest BCUT2D eigenvalue weighted by atomic mass is 9.79. The highest BCUT2D eigenvalue weighted by Crippen LogP contribution is 2.42. The van der Waals surface area contributed by atoms with Crippen molar-refractivity contribution in [2.24, 2.45) is 0 Å². The predicted molar refractivity (Wildman–Crippen MR) is 132 cm³/mol. The molecule has 4 aromatic heterocycles. The fraction of sp³-hybridized carbons (Fsp3) is 0.308. The number of benzene rings is 1. The molecule has 1 aliphatic heterocycles. The van der Waals surface area contributed by atoms with Gasteiger partial charge < -0.3 is 15.2 Å². The molecule has 1 aromatic carbocycles. The number of para-hydroxylation sites is 1. The zero-order valence-electron chi connectivity index (χ0n) is 18.7. The third kappa shape index (κ3) is 2.98. The molecule has 5 aromatic rings. The number of aromatic nitrogens is 5. The minimum Gasteiger partial charge on any atom is -0.353 e. The normalized spacial score (nSPS) is 17.0. The van der Waals surface area contributed by atoms with Gasteiger partial charge in [-0.25, -0.2) is 19.3 Å². The van der Waals surface area contributed by atoms with Gasteiger partial charge in [0.25, 0.3) is 0 Å². The fourth-order valence-corrected chi connectivity index (χ4v) is 5.34. The first-order chi connectivity index (χ1) is 16.8. The number of aromatic amines is 1. The number of halogens is 1. The third-order valence-corrected chi connectivity index (χ3v) is 7.30. The van der Waals surface area contributed by atoms with E-state index in [-0.39, 0.29) is 5.82 Å². The number of rotatable bonds is 3. The number of hydrogen-bond donors (Lipinski definition) is 2. The molecule has 0 spiro atoms. The molecule has 0 bridgehead atoms. The second-order valence-corrected chi connectivity index (χ2v) is 9.23. The van der Waals surface area contributed by atoms with Gasteiger partial charge in [-0.15, -0.1) is 0 Å². The molecule has 1 saturated heterocycles. The van der Waals surface area contributed by atoms with Crippen LogP contribution in [0.15, 0.2) is 42.9 Å². The average molecular weight is 454 g/mol. The Morgan fingerprint density at radius 2 is 1.88 bits per heavy atom. The average Bonchev–Trinajstić information content (AvgIpc) is 3.23. The van der Waals surface area contributed by atoms with Crippen LogP contribution >= 0.6 is 0 Å². The Bertz CT molecular complexity index is 1550. The number of pyridine rings is 2. The van der Waals surface area contributed by atoms with Crippen molar-refractivity contribution < 1.29 is 4.39 Å². The van der Waals surface area contributed by atoms with Crippen molar-refractivity contribution >= 4 is 38.7 Å². The summed E-state index contributed by atoms with van der Waals surface area (Å²) in [6, 6.07) is 7.02. The Morgan fingerprint density at radius 1 is 1.00 bits per heavy atom. The van der Waals surface area contributed by atoms with Crippen LogP contribution in [0.3, 0.4) is 0 Å². The van der Waals surface area contributed by atoms with E-state index >= 15 is 0 Å². The summed E-state index contributed by atoms with van der Waals surface area (Å²) in [6.45, 7) is 3.63. The summed E-state index contributed by atoms with van der Waals surface area (Å²) in [5.74, 6) is 1.82. The molecule has 2 aliphatic rings. The Morgan fingerprint density at radius 3 is 2.71 bits per heavy atom. The molecule has 0 amide bonds. The van der Waals surface area contributed by atoms with Gasteiger partial charge in [-0.2, -0.15) is 0 Å². The molecule has 170 valence electrons. The first kappa shape index (κ1) is 19.8. The molecule has 2 N–H and O–H groups in total. The molecular formula is C26H24FN7.